The van der Waals surface area contributed by atoms with E-state index in [2.05, 4.69) is 22.8 Å². The molecule has 4 nitrogen and oxygen atoms in total. The van der Waals surface area contributed by atoms with Crippen LogP contribution in [0.2, 0.25) is 0 Å². The van der Waals surface area contributed by atoms with Crippen molar-refractivity contribution in [1.82, 2.24) is 9.55 Å². The number of benzene rings is 1. The highest BCUT2D eigenvalue weighted by Crippen LogP contribution is 2.30. The molecule has 0 amide bonds. The summed E-state index contributed by atoms with van der Waals surface area (Å²) in [5, 5.41) is 0. The zero-order chi connectivity index (χ0) is 14.7. The molecule has 0 spiro atoms. The van der Waals surface area contributed by atoms with Crippen LogP contribution in [0.1, 0.15) is 37.9 Å². The summed E-state index contributed by atoms with van der Waals surface area (Å²) in [6.45, 7) is 1.54. The Labute approximate surface area is 126 Å². The van der Waals surface area contributed by atoms with Gasteiger partial charge in [-0.15, -0.1) is 0 Å². The van der Waals surface area contributed by atoms with Crippen LogP contribution in [-0.4, -0.2) is 28.8 Å². The van der Waals surface area contributed by atoms with Crippen molar-refractivity contribution in [3.05, 3.63) is 30.1 Å². The van der Waals surface area contributed by atoms with Crippen molar-refractivity contribution in [3.63, 3.8) is 0 Å². The molecule has 0 aliphatic heterocycles. The van der Waals surface area contributed by atoms with Gasteiger partial charge in [0, 0.05) is 25.6 Å². The maximum Gasteiger partial charge on any atom is 0.111 e. The summed E-state index contributed by atoms with van der Waals surface area (Å²) in [5.41, 5.74) is 8.79. The minimum absolute atomic E-state index is 0.0789. The smallest absolute Gasteiger partial charge is 0.111 e. The van der Waals surface area contributed by atoms with Gasteiger partial charge in [-0.3, -0.25) is 0 Å². The van der Waals surface area contributed by atoms with Gasteiger partial charge in [0.2, 0.25) is 0 Å². The molecule has 0 atom stereocenters. The zero-order valence-corrected chi connectivity index (χ0v) is 12.8. The number of fused-ring (bicyclic) bond motifs is 1. The van der Waals surface area contributed by atoms with Crippen molar-refractivity contribution < 1.29 is 4.74 Å². The standard InChI is InChI=1S/C17H25N3O/c1-21-12-11-20-15-8-4-3-7-14(15)19-16(20)13-17(18)9-5-2-6-10-17/h3-4,7-8H,2,5-6,9-13,18H2,1H3. The monoisotopic (exact) mass is 287 g/mol. The van der Waals surface area contributed by atoms with E-state index in [1.165, 1.54) is 24.8 Å². The minimum Gasteiger partial charge on any atom is -0.383 e. The summed E-state index contributed by atoms with van der Waals surface area (Å²) >= 11 is 0. The van der Waals surface area contributed by atoms with E-state index in [0.717, 1.165) is 37.1 Å². The lowest BCUT2D eigenvalue weighted by atomic mass is 9.80. The molecule has 114 valence electrons. The van der Waals surface area contributed by atoms with Gasteiger partial charge in [0.05, 0.1) is 17.6 Å². The van der Waals surface area contributed by atoms with Crippen molar-refractivity contribution in [2.24, 2.45) is 5.73 Å². The first-order valence-electron chi connectivity index (χ1n) is 7.94. The maximum absolute atomic E-state index is 6.63. The molecule has 0 radical (unpaired) electrons. The van der Waals surface area contributed by atoms with Gasteiger partial charge in [0.25, 0.3) is 0 Å². The average Bonchev–Trinajstić information content (AvgIpc) is 2.82. The predicted octanol–water partition coefficient (Wildman–Crippen LogP) is 2.89. The number of nitrogens with two attached hydrogens (primary N) is 1. The van der Waals surface area contributed by atoms with Crippen molar-refractivity contribution in [1.29, 1.82) is 0 Å². The Bertz CT molecular complexity index is 599. The number of nitrogens with zero attached hydrogens (tertiary/aromatic N) is 2. The SMILES string of the molecule is COCCn1c(CC2(N)CCCCC2)nc2ccccc21. The zero-order valence-electron chi connectivity index (χ0n) is 12.8. The Kier molecular flexibility index (Phi) is 4.27. The van der Waals surface area contributed by atoms with Gasteiger partial charge in [-0.1, -0.05) is 31.4 Å². The second-order valence-electron chi connectivity index (χ2n) is 6.26. The lowest BCUT2D eigenvalue weighted by molar-refractivity contribution is 0.186. The molecule has 4 heteroatoms. The molecule has 0 bridgehead atoms. The van der Waals surface area contributed by atoms with Crippen molar-refractivity contribution in [3.8, 4) is 0 Å². The van der Waals surface area contributed by atoms with E-state index in [9.17, 15) is 0 Å². The molecule has 0 saturated heterocycles. The van der Waals surface area contributed by atoms with Crippen LogP contribution in [0.4, 0.5) is 0 Å². The fourth-order valence-corrected chi connectivity index (χ4v) is 3.44. The molecule has 1 fully saturated rings. The molecule has 2 aromatic rings. The van der Waals surface area contributed by atoms with E-state index < -0.39 is 0 Å². The molecule has 1 aliphatic carbocycles. The fraction of sp³-hybridized carbons (Fsp3) is 0.588. The minimum atomic E-state index is -0.0789. The highest BCUT2D eigenvalue weighted by Gasteiger charge is 2.29. The Morgan fingerprint density at radius 3 is 2.76 bits per heavy atom. The van der Waals surface area contributed by atoms with E-state index in [4.69, 9.17) is 15.5 Å². The molecular formula is C17H25N3O. The Hall–Kier alpha value is -1.39. The molecule has 3 rings (SSSR count). The van der Waals surface area contributed by atoms with E-state index in [-0.39, 0.29) is 5.54 Å². The summed E-state index contributed by atoms with van der Waals surface area (Å²) in [6, 6.07) is 8.31. The molecule has 0 unspecified atom stereocenters. The molecule has 1 heterocycles. The molecule has 1 saturated carbocycles. The number of aromatic nitrogens is 2. The first-order chi connectivity index (χ1) is 10.2. The molecule has 2 N–H and O–H groups in total. The Morgan fingerprint density at radius 1 is 1.24 bits per heavy atom. The molecule has 1 aromatic carbocycles. The second-order valence-corrected chi connectivity index (χ2v) is 6.26. The maximum atomic E-state index is 6.63. The van der Waals surface area contributed by atoms with Crippen molar-refractivity contribution in [2.75, 3.05) is 13.7 Å². The summed E-state index contributed by atoms with van der Waals surface area (Å²) in [7, 11) is 1.74. The number of hydrogen-bond donors (Lipinski definition) is 1. The highest BCUT2D eigenvalue weighted by molar-refractivity contribution is 5.75. The first-order valence-corrected chi connectivity index (χ1v) is 7.94. The average molecular weight is 287 g/mol. The van der Waals surface area contributed by atoms with Gasteiger partial charge in [0.15, 0.2) is 0 Å². The van der Waals surface area contributed by atoms with Gasteiger partial charge < -0.3 is 15.0 Å². The number of hydrogen-bond acceptors (Lipinski definition) is 3. The fourth-order valence-electron chi connectivity index (χ4n) is 3.44. The molecule has 21 heavy (non-hydrogen) atoms. The van der Waals surface area contributed by atoms with Crippen LogP contribution < -0.4 is 5.73 Å². The third-order valence-electron chi connectivity index (χ3n) is 4.61. The van der Waals surface area contributed by atoms with Gasteiger partial charge in [-0.2, -0.15) is 0 Å². The van der Waals surface area contributed by atoms with Crippen LogP contribution in [0, 0.1) is 0 Å². The molecule has 1 aromatic heterocycles. The Balaban J connectivity index is 1.92. The predicted molar refractivity (Wildman–Crippen MR) is 85.3 cm³/mol. The van der Waals surface area contributed by atoms with Crippen LogP contribution in [0.25, 0.3) is 11.0 Å². The van der Waals surface area contributed by atoms with E-state index in [1.54, 1.807) is 7.11 Å². The number of imidazole rings is 1. The van der Waals surface area contributed by atoms with Gasteiger partial charge in [-0.05, 0) is 25.0 Å². The topological polar surface area (TPSA) is 53.1 Å². The highest BCUT2D eigenvalue weighted by atomic mass is 16.5. The first kappa shape index (κ1) is 14.5. The summed E-state index contributed by atoms with van der Waals surface area (Å²) in [4.78, 5) is 4.83. The number of rotatable bonds is 5. The molecular weight excluding hydrogens is 262 g/mol. The number of ether oxygens (including phenoxy) is 1. The summed E-state index contributed by atoms with van der Waals surface area (Å²) in [6.07, 6.45) is 6.90. The van der Waals surface area contributed by atoms with Crippen molar-refractivity contribution >= 4 is 11.0 Å². The largest absolute Gasteiger partial charge is 0.383 e. The van der Waals surface area contributed by atoms with E-state index >= 15 is 0 Å². The van der Waals surface area contributed by atoms with Crippen LogP contribution in [0.5, 0.6) is 0 Å². The van der Waals surface area contributed by atoms with Crippen LogP contribution >= 0.6 is 0 Å². The third-order valence-corrected chi connectivity index (χ3v) is 4.61. The summed E-state index contributed by atoms with van der Waals surface area (Å²) in [5.74, 6) is 1.11. The quantitative estimate of drug-likeness (QED) is 0.920. The second kappa shape index (κ2) is 6.16. The van der Waals surface area contributed by atoms with Crippen LogP contribution in [0.3, 0.4) is 0 Å². The van der Waals surface area contributed by atoms with E-state index in [0.29, 0.717) is 6.61 Å². The number of para-hydroxylation sites is 2. The van der Waals surface area contributed by atoms with Gasteiger partial charge >= 0.3 is 0 Å². The van der Waals surface area contributed by atoms with Crippen LogP contribution in [-0.2, 0) is 17.7 Å². The van der Waals surface area contributed by atoms with Gasteiger partial charge in [0.1, 0.15) is 5.82 Å². The lowest BCUT2D eigenvalue weighted by Crippen LogP contribution is -2.44. The Morgan fingerprint density at radius 2 is 2.00 bits per heavy atom. The van der Waals surface area contributed by atoms with Crippen LogP contribution in [0.15, 0.2) is 24.3 Å². The van der Waals surface area contributed by atoms with Gasteiger partial charge in [-0.25, -0.2) is 4.98 Å². The lowest BCUT2D eigenvalue weighted by Gasteiger charge is -2.33. The summed E-state index contributed by atoms with van der Waals surface area (Å²) < 4.78 is 7.53. The van der Waals surface area contributed by atoms with Crippen molar-refractivity contribution in [2.45, 2.75) is 50.6 Å². The molecule has 1 aliphatic rings. The number of methoxy groups -OCH3 is 1. The third kappa shape index (κ3) is 3.11. The van der Waals surface area contributed by atoms with E-state index in [1.807, 2.05) is 6.07 Å². The normalized spacial score (nSPS) is 18.2.